The summed E-state index contributed by atoms with van der Waals surface area (Å²) >= 11 is 0. The summed E-state index contributed by atoms with van der Waals surface area (Å²) in [5.41, 5.74) is 4.87. The smallest absolute Gasteiger partial charge is 0.119 e. The van der Waals surface area contributed by atoms with E-state index in [-0.39, 0.29) is 6.04 Å². The molecule has 0 amide bonds. The van der Waals surface area contributed by atoms with Gasteiger partial charge in [-0.25, -0.2) is 0 Å². The van der Waals surface area contributed by atoms with Crippen LogP contribution in [0.2, 0.25) is 0 Å². The molecule has 2 rings (SSSR count). The lowest BCUT2D eigenvalue weighted by molar-refractivity contribution is 0.413. The van der Waals surface area contributed by atoms with Crippen LogP contribution in [0.1, 0.15) is 17.3 Å². The first-order valence-corrected chi connectivity index (χ1v) is 5.68. The normalized spacial score (nSPS) is 12.4. The van der Waals surface area contributed by atoms with Crippen LogP contribution in [-0.2, 0) is 13.5 Å². The predicted octanol–water partition coefficient (Wildman–Crippen LogP) is 0.571. The van der Waals surface area contributed by atoms with Gasteiger partial charge in [0.1, 0.15) is 5.75 Å². The highest BCUT2D eigenvalue weighted by atomic mass is 16.5. The van der Waals surface area contributed by atoms with Crippen LogP contribution < -0.4 is 16.0 Å². The van der Waals surface area contributed by atoms with E-state index in [0.29, 0.717) is 0 Å². The maximum atomic E-state index is 5.60. The first-order chi connectivity index (χ1) is 8.74. The molecule has 0 saturated heterocycles. The van der Waals surface area contributed by atoms with Gasteiger partial charge in [-0.05, 0) is 24.1 Å². The Morgan fingerprint density at radius 2 is 2.33 bits per heavy atom. The van der Waals surface area contributed by atoms with Crippen molar-refractivity contribution < 1.29 is 4.74 Å². The molecule has 6 heteroatoms. The Kier molecular flexibility index (Phi) is 3.91. The van der Waals surface area contributed by atoms with E-state index in [4.69, 9.17) is 10.6 Å². The number of nitrogens with one attached hydrogen (secondary N) is 1. The van der Waals surface area contributed by atoms with Gasteiger partial charge in [-0.15, -0.1) is 5.10 Å². The molecule has 3 N–H and O–H groups in total. The van der Waals surface area contributed by atoms with Crippen molar-refractivity contribution in [3.05, 3.63) is 41.7 Å². The van der Waals surface area contributed by atoms with Gasteiger partial charge in [0.15, 0.2) is 0 Å². The molecule has 18 heavy (non-hydrogen) atoms. The van der Waals surface area contributed by atoms with Crippen LogP contribution in [0.5, 0.6) is 5.75 Å². The number of nitrogens with two attached hydrogens (primary N) is 1. The number of hydrogen-bond acceptors (Lipinski definition) is 5. The fraction of sp³-hybridized carbons (Fsp3) is 0.333. The number of rotatable bonds is 5. The first-order valence-electron chi connectivity index (χ1n) is 5.68. The average Bonchev–Trinajstić information content (AvgIpc) is 2.82. The van der Waals surface area contributed by atoms with Crippen molar-refractivity contribution in [1.29, 1.82) is 0 Å². The Morgan fingerprint density at radius 1 is 1.50 bits per heavy atom. The standard InChI is InChI=1S/C12H17N5O/c1-17-12(8-14-16-17)11(15-13)7-9-4-3-5-10(6-9)18-2/h3-6,8,11,15H,7,13H2,1-2H3. The third kappa shape index (κ3) is 2.66. The van der Waals surface area contributed by atoms with Crippen molar-refractivity contribution in [2.24, 2.45) is 12.9 Å². The molecule has 0 aliphatic carbocycles. The third-order valence-electron chi connectivity index (χ3n) is 2.88. The van der Waals surface area contributed by atoms with E-state index in [2.05, 4.69) is 15.7 Å². The summed E-state index contributed by atoms with van der Waals surface area (Å²) in [5, 5.41) is 7.77. The number of aromatic nitrogens is 3. The minimum Gasteiger partial charge on any atom is -0.497 e. The van der Waals surface area contributed by atoms with Crippen LogP contribution >= 0.6 is 0 Å². The van der Waals surface area contributed by atoms with Crippen LogP contribution in [0.4, 0.5) is 0 Å². The van der Waals surface area contributed by atoms with Gasteiger partial charge in [0.05, 0.1) is 25.0 Å². The van der Waals surface area contributed by atoms with E-state index in [9.17, 15) is 0 Å². The van der Waals surface area contributed by atoms with Crippen LogP contribution in [0.15, 0.2) is 30.5 Å². The highest BCUT2D eigenvalue weighted by Gasteiger charge is 2.15. The van der Waals surface area contributed by atoms with Crippen molar-refractivity contribution >= 4 is 0 Å². The topological polar surface area (TPSA) is 78.0 Å². The van der Waals surface area contributed by atoms with Crippen LogP contribution in [-0.4, -0.2) is 22.1 Å². The highest BCUT2D eigenvalue weighted by Crippen LogP contribution is 2.19. The molecule has 1 unspecified atom stereocenters. The van der Waals surface area contributed by atoms with Gasteiger partial charge in [0.25, 0.3) is 0 Å². The van der Waals surface area contributed by atoms with Gasteiger partial charge in [0.2, 0.25) is 0 Å². The van der Waals surface area contributed by atoms with Gasteiger partial charge >= 0.3 is 0 Å². The molecular formula is C12H17N5O. The second kappa shape index (κ2) is 5.61. The predicted molar refractivity (Wildman–Crippen MR) is 67.8 cm³/mol. The van der Waals surface area contributed by atoms with Crippen molar-refractivity contribution in [2.45, 2.75) is 12.5 Å². The monoisotopic (exact) mass is 247 g/mol. The quantitative estimate of drug-likeness (QED) is 0.596. The van der Waals surface area contributed by atoms with E-state index < -0.39 is 0 Å². The van der Waals surface area contributed by atoms with Crippen molar-refractivity contribution in [2.75, 3.05) is 7.11 Å². The SMILES string of the molecule is COc1cccc(CC(NN)c2cnnn2C)c1. The highest BCUT2D eigenvalue weighted by molar-refractivity contribution is 5.29. The Hall–Kier alpha value is -1.92. The first kappa shape index (κ1) is 12.5. The van der Waals surface area contributed by atoms with Crippen LogP contribution in [0, 0.1) is 0 Å². The zero-order chi connectivity index (χ0) is 13.0. The lowest BCUT2D eigenvalue weighted by Crippen LogP contribution is -2.31. The number of ether oxygens (including phenoxy) is 1. The number of hydrogen-bond donors (Lipinski definition) is 2. The second-order valence-corrected chi connectivity index (χ2v) is 4.06. The van der Waals surface area contributed by atoms with E-state index in [1.165, 1.54) is 0 Å². The molecule has 0 saturated carbocycles. The molecule has 0 bridgehead atoms. The summed E-state index contributed by atoms with van der Waals surface area (Å²) in [7, 11) is 3.50. The van der Waals surface area contributed by atoms with Gasteiger partial charge < -0.3 is 4.74 Å². The maximum absolute atomic E-state index is 5.60. The summed E-state index contributed by atoms with van der Waals surface area (Å²) < 4.78 is 6.92. The molecular weight excluding hydrogens is 230 g/mol. The second-order valence-electron chi connectivity index (χ2n) is 4.06. The van der Waals surface area contributed by atoms with Crippen LogP contribution in [0.25, 0.3) is 0 Å². The number of benzene rings is 1. The molecule has 0 spiro atoms. The summed E-state index contributed by atoms with van der Waals surface area (Å²) in [6.07, 6.45) is 2.46. The lowest BCUT2D eigenvalue weighted by atomic mass is 10.0. The molecule has 96 valence electrons. The summed E-state index contributed by atoms with van der Waals surface area (Å²) in [6.45, 7) is 0. The van der Waals surface area contributed by atoms with Crippen molar-refractivity contribution in [3.8, 4) is 5.75 Å². The molecule has 1 heterocycles. The fourth-order valence-corrected chi connectivity index (χ4v) is 1.90. The molecule has 2 aromatic rings. The van der Waals surface area contributed by atoms with Crippen LogP contribution in [0.3, 0.4) is 0 Å². The largest absolute Gasteiger partial charge is 0.497 e. The van der Waals surface area contributed by atoms with E-state index in [1.54, 1.807) is 18.0 Å². The van der Waals surface area contributed by atoms with E-state index in [0.717, 1.165) is 23.4 Å². The number of aryl methyl sites for hydroxylation is 1. The van der Waals surface area contributed by atoms with Crippen molar-refractivity contribution in [3.63, 3.8) is 0 Å². The van der Waals surface area contributed by atoms with Gasteiger partial charge in [-0.1, -0.05) is 17.3 Å². The summed E-state index contributed by atoms with van der Waals surface area (Å²) in [4.78, 5) is 0. The average molecular weight is 247 g/mol. The molecule has 1 aromatic heterocycles. The minimum absolute atomic E-state index is 0.0305. The Labute approximate surface area is 106 Å². The van der Waals surface area contributed by atoms with Gasteiger partial charge in [0, 0.05) is 7.05 Å². The summed E-state index contributed by atoms with van der Waals surface area (Å²) in [6, 6.07) is 7.88. The minimum atomic E-state index is -0.0305. The van der Waals surface area contributed by atoms with E-state index in [1.807, 2.05) is 31.3 Å². The molecule has 6 nitrogen and oxygen atoms in total. The van der Waals surface area contributed by atoms with Crippen molar-refractivity contribution in [1.82, 2.24) is 20.4 Å². The van der Waals surface area contributed by atoms with E-state index >= 15 is 0 Å². The fourth-order valence-electron chi connectivity index (χ4n) is 1.90. The molecule has 0 fully saturated rings. The van der Waals surface area contributed by atoms with Gasteiger partial charge in [-0.2, -0.15) is 0 Å². The Morgan fingerprint density at radius 3 is 2.94 bits per heavy atom. The number of hydrazine groups is 1. The lowest BCUT2D eigenvalue weighted by Gasteiger charge is -2.15. The summed E-state index contributed by atoms with van der Waals surface area (Å²) in [5.74, 6) is 6.44. The third-order valence-corrected chi connectivity index (χ3v) is 2.88. The number of methoxy groups -OCH3 is 1. The maximum Gasteiger partial charge on any atom is 0.119 e. The zero-order valence-corrected chi connectivity index (χ0v) is 10.5. The van der Waals surface area contributed by atoms with Gasteiger partial charge in [-0.3, -0.25) is 16.0 Å². The zero-order valence-electron chi connectivity index (χ0n) is 10.5. The number of nitrogens with zero attached hydrogens (tertiary/aromatic N) is 3. The molecule has 1 aromatic carbocycles. The molecule has 1 atom stereocenters. The molecule has 0 aliphatic heterocycles. The molecule has 0 radical (unpaired) electrons. The molecule has 0 aliphatic rings. The Balaban J connectivity index is 2.18. The Bertz CT molecular complexity index is 511.